The van der Waals surface area contributed by atoms with Crippen molar-refractivity contribution in [3.8, 4) is 28.8 Å². The van der Waals surface area contributed by atoms with E-state index in [2.05, 4.69) is 20.3 Å². The Morgan fingerprint density at radius 3 is 2.42 bits per heavy atom. The number of hydrogen-bond donors (Lipinski definition) is 2. The molecule has 0 aliphatic carbocycles. The number of hydrogen-bond acceptors (Lipinski definition) is 10. The number of carbonyl (C=O) groups excluding carboxylic acids is 2. The number of methoxy groups -OCH3 is 3. The summed E-state index contributed by atoms with van der Waals surface area (Å²) >= 11 is 0. The van der Waals surface area contributed by atoms with Crippen molar-refractivity contribution in [1.29, 1.82) is 0 Å². The summed E-state index contributed by atoms with van der Waals surface area (Å²) < 4.78 is 21.2. The van der Waals surface area contributed by atoms with Crippen molar-refractivity contribution < 1.29 is 28.5 Å². The van der Waals surface area contributed by atoms with Gasteiger partial charge in [-0.05, 0) is 37.6 Å². The maximum Gasteiger partial charge on any atom is 0.338 e. The molecule has 38 heavy (non-hydrogen) atoms. The van der Waals surface area contributed by atoms with Crippen LogP contribution in [0.3, 0.4) is 0 Å². The highest BCUT2D eigenvalue weighted by atomic mass is 16.5. The van der Waals surface area contributed by atoms with Crippen LogP contribution in [-0.4, -0.2) is 54.3 Å². The van der Waals surface area contributed by atoms with Crippen molar-refractivity contribution in [2.75, 3.05) is 26.6 Å². The van der Waals surface area contributed by atoms with Crippen molar-refractivity contribution in [2.45, 2.75) is 20.0 Å². The highest BCUT2D eigenvalue weighted by Crippen LogP contribution is 2.35. The van der Waals surface area contributed by atoms with Gasteiger partial charge in [0.1, 0.15) is 5.75 Å². The average Bonchev–Trinajstić information content (AvgIpc) is 2.91. The summed E-state index contributed by atoms with van der Waals surface area (Å²) in [4.78, 5) is 37.5. The molecule has 4 rings (SSSR count). The summed E-state index contributed by atoms with van der Waals surface area (Å²) in [5, 5.41) is 3.85. The number of amides is 1. The molecule has 0 saturated carbocycles. The summed E-state index contributed by atoms with van der Waals surface area (Å²) in [6.07, 6.45) is 2.86. The maximum atomic E-state index is 12.3. The highest BCUT2D eigenvalue weighted by Gasteiger charge is 2.18. The Kier molecular flexibility index (Phi) is 7.56. The van der Waals surface area contributed by atoms with Crippen molar-refractivity contribution in [3.05, 3.63) is 59.9 Å². The number of aromatic nitrogens is 3. The van der Waals surface area contributed by atoms with Gasteiger partial charge in [0.15, 0.2) is 0 Å². The number of nitrogens with zero attached hydrogens (tertiary/aromatic N) is 3. The lowest BCUT2D eigenvalue weighted by atomic mass is 10.0. The molecule has 0 radical (unpaired) electrons. The molecule has 11 heteroatoms. The Morgan fingerprint density at radius 2 is 1.76 bits per heavy atom. The van der Waals surface area contributed by atoms with Gasteiger partial charge in [0.25, 0.3) is 5.91 Å². The van der Waals surface area contributed by atoms with Gasteiger partial charge in [0.05, 0.1) is 55.3 Å². The molecule has 0 unspecified atom stereocenters. The third-order valence-corrected chi connectivity index (χ3v) is 5.52. The molecule has 0 aliphatic rings. The molecule has 0 saturated heterocycles. The van der Waals surface area contributed by atoms with Crippen LogP contribution in [0.15, 0.2) is 48.8 Å². The minimum atomic E-state index is -0.668. The van der Waals surface area contributed by atoms with Crippen LogP contribution in [0.2, 0.25) is 0 Å². The fourth-order valence-corrected chi connectivity index (χ4v) is 3.88. The first-order chi connectivity index (χ1) is 18.2. The highest BCUT2D eigenvalue weighted by molar-refractivity contribution is 6.08. The van der Waals surface area contributed by atoms with E-state index in [1.165, 1.54) is 27.5 Å². The Balaban J connectivity index is 1.84. The van der Waals surface area contributed by atoms with E-state index in [0.29, 0.717) is 39.5 Å². The lowest BCUT2D eigenvalue weighted by Gasteiger charge is -2.17. The molecule has 1 amide bonds. The van der Waals surface area contributed by atoms with Crippen LogP contribution < -0.4 is 25.3 Å². The Bertz CT molecular complexity index is 1520. The van der Waals surface area contributed by atoms with Crippen LogP contribution in [0.1, 0.15) is 34.6 Å². The van der Waals surface area contributed by atoms with Crippen molar-refractivity contribution in [2.24, 2.45) is 5.73 Å². The summed E-state index contributed by atoms with van der Waals surface area (Å²) in [5.41, 5.74) is 8.98. The normalized spacial score (nSPS) is 10.8. The zero-order valence-electron chi connectivity index (χ0n) is 21.6. The van der Waals surface area contributed by atoms with Gasteiger partial charge in [-0.1, -0.05) is 12.1 Å². The standard InChI is InChI=1S/C27H27N5O6/c1-14(2)38-18-9-16(26(34)36-4)8-17(11-18)31-23-19-7-6-15(10-22(19)29-13-21(23)24(28)33)20-12-30-27(37-5)32-25(20)35-3/h6-14H,1-5H3,(H2,28,33)(H,29,31). The molecule has 2 aromatic heterocycles. The number of benzene rings is 2. The van der Waals surface area contributed by atoms with Gasteiger partial charge in [-0.25, -0.2) is 9.78 Å². The molecule has 0 bridgehead atoms. The lowest BCUT2D eigenvalue weighted by Crippen LogP contribution is -2.14. The molecule has 11 nitrogen and oxygen atoms in total. The zero-order chi connectivity index (χ0) is 27.4. The number of nitrogens with two attached hydrogens (primary N) is 1. The summed E-state index contributed by atoms with van der Waals surface area (Å²) in [5.74, 6) is -0.407. The zero-order valence-corrected chi connectivity index (χ0v) is 21.6. The van der Waals surface area contributed by atoms with E-state index in [0.717, 1.165) is 5.56 Å². The predicted octanol–water partition coefficient (Wildman–Crippen LogP) is 4.13. The average molecular weight is 518 g/mol. The number of pyridine rings is 1. The van der Waals surface area contributed by atoms with Gasteiger partial charge in [-0.15, -0.1) is 0 Å². The van der Waals surface area contributed by atoms with E-state index in [9.17, 15) is 9.59 Å². The van der Waals surface area contributed by atoms with Gasteiger partial charge in [0, 0.05) is 29.5 Å². The van der Waals surface area contributed by atoms with Gasteiger partial charge in [-0.2, -0.15) is 4.98 Å². The van der Waals surface area contributed by atoms with Crippen molar-refractivity contribution in [3.63, 3.8) is 0 Å². The second-order valence-corrected chi connectivity index (χ2v) is 8.45. The van der Waals surface area contributed by atoms with E-state index >= 15 is 0 Å². The molecule has 0 spiro atoms. The maximum absolute atomic E-state index is 12.3. The Morgan fingerprint density at radius 1 is 0.974 bits per heavy atom. The van der Waals surface area contributed by atoms with Gasteiger partial charge in [0.2, 0.25) is 5.88 Å². The van der Waals surface area contributed by atoms with Gasteiger partial charge < -0.3 is 30.0 Å². The topological polar surface area (TPSA) is 148 Å². The van der Waals surface area contributed by atoms with Crippen molar-refractivity contribution in [1.82, 2.24) is 15.0 Å². The first-order valence-corrected chi connectivity index (χ1v) is 11.6. The van der Waals surface area contributed by atoms with Crippen LogP contribution in [0.25, 0.3) is 22.0 Å². The molecule has 0 atom stereocenters. The molecule has 2 aromatic carbocycles. The SMILES string of the molecule is COC(=O)c1cc(Nc2c(C(N)=O)cnc3cc(-c4cnc(OC)nc4OC)ccc23)cc(OC(C)C)c1. The number of primary amides is 1. The van der Waals surface area contributed by atoms with E-state index in [-0.39, 0.29) is 23.2 Å². The fourth-order valence-electron chi connectivity index (χ4n) is 3.88. The third kappa shape index (κ3) is 5.41. The van der Waals surface area contributed by atoms with Crippen LogP contribution >= 0.6 is 0 Å². The van der Waals surface area contributed by atoms with Crippen molar-refractivity contribution >= 4 is 34.2 Å². The van der Waals surface area contributed by atoms with Gasteiger partial charge in [-0.3, -0.25) is 9.78 Å². The summed E-state index contributed by atoms with van der Waals surface area (Å²) in [6, 6.07) is 10.5. The van der Waals surface area contributed by atoms with Crippen LogP contribution in [0.4, 0.5) is 11.4 Å². The molecule has 0 aliphatic heterocycles. The Labute approximate surface area is 218 Å². The Hall–Kier alpha value is -4.93. The molecular formula is C27H27N5O6. The second-order valence-electron chi connectivity index (χ2n) is 8.45. The van der Waals surface area contributed by atoms with Crippen LogP contribution in [0, 0.1) is 0 Å². The second kappa shape index (κ2) is 11.0. The van der Waals surface area contributed by atoms with Gasteiger partial charge >= 0.3 is 12.0 Å². The predicted molar refractivity (Wildman–Crippen MR) is 141 cm³/mol. The number of fused-ring (bicyclic) bond motifs is 1. The molecule has 4 aromatic rings. The number of ether oxygens (including phenoxy) is 4. The first kappa shape index (κ1) is 26.1. The van der Waals surface area contributed by atoms with E-state index in [4.69, 9.17) is 24.7 Å². The number of rotatable bonds is 9. The van der Waals surface area contributed by atoms with Crippen LogP contribution in [-0.2, 0) is 4.74 Å². The summed E-state index contributed by atoms with van der Waals surface area (Å²) in [6.45, 7) is 3.75. The number of anilines is 2. The number of esters is 1. The van der Waals surface area contributed by atoms with E-state index in [1.54, 1.807) is 30.5 Å². The minimum absolute atomic E-state index is 0.129. The summed E-state index contributed by atoms with van der Waals surface area (Å²) in [7, 11) is 4.27. The first-order valence-electron chi connectivity index (χ1n) is 11.6. The number of nitrogens with one attached hydrogen (secondary N) is 1. The molecular weight excluding hydrogens is 490 g/mol. The molecule has 0 fully saturated rings. The lowest BCUT2D eigenvalue weighted by molar-refractivity contribution is 0.0600. The van der Waals surface area contributed by atoms with E-state index < -0.39 is 11.9 Å². The molecule has 3 N–H and O–H groups in total. The van der Waals surface area contributed by atoms with Crippen LogP contribution in [0.5, 0.6) is 17.6 Å². The largest absolute Gasteiger partial charge is 0.491 e. The smallest absolute Gasteiger partial charge is 0.338 e. The monoisotopic (exact) mass is 517 g/mol. The fraction of sp³-hybridized carbons (Fsp3) is 0.222. The molecule has 2 heterocycles. The number of carbonyl (C=O) groups is 2. The third-order valence-electron chi connectivity index (χ3n) is 5.52. The minimum Gasteiger partial charge on any atom is -0.491 e. The molecule has 196 valence electrons. The quantitative estimate of drug-likeness (QED) is 0.311. The van der Waals surface area contributed by atoms with E-state index in [1.807, 2.05) is 26.0 Å².